The summed E-state index contributed by atoms with van der Waals surface area (Å²) in [5.41, 5.74) is 17.0. The van der Waals surface area contributed by atoms with Crippen molar-refractivity contribution in [3.8, 4) is 56.7 Å². The molecule has 1 spiro atoms. The maximum Gasteiger partial charge on any atom is 0.238 e. The minimum Gasteiger partial charge on any atom is -0.309 e. The van der Waals surface area contributed by atoms with E-state index in [1.807, 2.05) is 18.2 Å². The predicted molar refractivity (Wildman–Crippen MR) is 256 cm³/mol. The Kier molecular flexibility index (Phi) is 6.97. The monoisotopic (exact) mass is 801 g/mol. The lowest BCUT2D eigenvalue weighted by Crippen LogP contribution is -2.25. The Morgan fingerprint density at radius 1 is 0.333 bits per heavy atom. The molecule has 0 aliphatic heterocycles. The van der Waals surface area contributed by atoms with E-state index >= 15 is 0 Å². The lowest BCUT2D eigenvalue weighted by Gasteiger charge is -2.30. The van der Waals surface area contributed by atoms with Crippen molar-refractivity contribution in [1.82, 2.24) is 24.1 Å². The number of nitrogens with zero attached hydrogens (tertiary/aromatic N) is 5. The largest absolute Gasteiger partial charge is 0.309 e. The average molecular weight is 802 g/mol. The summed E-state index contributed by atoms with van der Waals surface area (Å²) in [5, 5.41) is 4.71. The number of hydrogen-bond acceptors (Lipinski definition) is 3. The predicted octanol–water partition coefficient (Wildman–Crippen LogP) is 13.7. The van der Waals surface area contributed by atoms with Crippen LogP contribution in [0.2, 0.25) is 0 Å². The van der Waals surface area contributed by atoms with Crippen LogP contribution in [-0.2, 0) is 5.41 Å². The first kappa shape index (κ1) is 34.3. The molecule has 63 heavy (non-hydrogen) atoms. The molecule has 0 unspecified atom stereocenters. The third kappa shape index (κ3) is 4.52. The van der Waals surface area contributed by atoms with Crippen LogP contribution in [0, 0.1) is 0 Å². The van der Waals surface area contributed by atoms with Gasteiger partial charge in [-0.2, -0.15) is 9.97 Å². The Hall–Kier alpha value is -8.41. The minimum absolute atomic E-state index is 0.483. The molecule has 9 aromatic carbocycles. The van der Waals surface area contributed by atoms with Crippen LogP contribution in [0.15, 0.2) is 212 Å². The normalized spacial score (nSPS) is 13.2. The second kappa shape index (κ2) is 12.8. The fraction of sp³-hybridized carbons (Fsp3) is 0.0172. The van der Waals surface area contributed by atoms with Gasteiger partial charge in [-0.3, -0.25) is 4.57 Å². The first-order valence-electron chi connectivity index (χ1n) is 21.5. The zero-order valence-corrected chi connectivity index (χ0v) is 33.9. The van der Waals surface area contributed by atoms with E-state index in [-0.39, 0.29) is 0 Å². The van der Waals surface area contributed by atoms with Crippen molar-refractivity contribution in [2.45, 2.75) is 5.41 Å². The zero-order chi connectivity index (χ0) is 41.2. The van der Waals surface area contributed by atoms with Gasteiger partial charge in [0, 0.05) is 38.4 Å². The quantitative estimate of drug-likeness (QED) is 0.178. The van der Waals surface area contributed by atoms with Gasteiger partial charge in [-0.25, -0.2) is 4.98 Å². The fourth-order valence-corrected chi connectivity index (χ4v) is 11.2. The number of para-hydroxylation sites is 3. The molecule has 2 aliphatic rings. The van der Waals surface area contributed by atoms with Gasteiger partial charge in [0.05, 0.1) is 27.5 Å². The van der Waals surface area contributed by atoms with E-state index in [0.717, 1.165) is 49.7 Å². The molecule has 14 rings (SSSR count). The molecular weight excluding hydrogens is 767 g/mol. The zero-order valence-electron chi connectivity index (χ0n) is 33.9. The molecule has 0 fully saturated rings. The van der Waals surface area contributed by atoms with Gasteiger partial charge in [-0.1, -0.05) is 182 Å². The Morgan fingerprint density at radius 2 is 0.873 bits per heavy atom. The first-order chi connectivity index (χ1) is 31.3. The van der Waals surface area contributed by atoms with Crippen LogP contribution in [0.5, 0.6) is 0 Å². The van der Waals surface area contributed by atoms with E-state index < -0.39 is 5.41 Å². The standard InChI is InChI=1S/C58H35N5/c1-3-18-36(19-4-1)55-59-56(44-27-17-31-48-52(44)42-25-9-14-30-47(42)58(48)45-28-12-7-22-38(45)39-23-8-13-29-46(39)58)61-57(60-55)63-50-33-16-11-26-43(50)53-51(63)35-34-41-40-24-10-15-32-49(40)62(54(41)53)37-20-5-2-6-21-37/h1-35H. The highest BCUT2D eigenvalue weighted by Gasteiger charge is 2.52. The van der Waals surface area contributed by atoms with Gasteiger partial charge in [0.25, 0.3) is 0 Å². The topological polar surface area (TPSA) is 48.5 Å². The van der Waals surface area contributed by atoms with Crippen molar-refractivity contribution in [2.75, 3.05) is 0 Å². The van der Waals surface area contributed by atoms with E-state index in [2.05, 4.69) is 203 Å². The summed E-state index contributed by atoms with van der Waals surface area (Å²) < 4.78 is 4.66. The van der Waals surface area contributed by atoms with Crippen LogP contribution in [0.25, 0.3) is 100 Å². The Labute approximate surface area is 362 Å². The van der Waals surface area contributed by atoms with E-state index in [0.29, 0.717) is 17.6 Å². The molecule has 0 bridgehead atoms. The van der Waals surface area contributed by atoms with Crippen LogP contribution in [-0.4, -0.2) is 24.1 Å². The second-order valence-corrected chi connectivity index (χ2v) is 16.7. The van der Waals surface area contributed by atoms with Crippen LogP contribution in [0.4, 0.5) is 0 Å². The summed E-state index contributed by atoms with van der Waals surface area (Å²) in [6.45, 7) is 0. The molecule has 5 nitrogen and oxygen atoms in total. The summed E-state index contributed by atoms with van der Waals surface area (Å²) in [6, 6.07) is 76.4. The van der Waals surface area contributed by atoms with Crippen molar-refractivity contribution >= 4 is 43.6 Å². The molecule has 5 heteroatoms. The third-order valence-corrected chi connectivity index (χ3v) is 13.6. The number of benzene rings is 9. The summed E-state index contributed by atoms with van der Waals surface area (Å²) in [5.74, 6) is 1.82. The number of aromatic nitrogens is 5. The molecule has 0 saturated heterocycles. The van der Waals surface area contributed by atoms with Gasteiger partial charge in [0.1, 0.15) is 0 Å². The lowest BCUT2D eigenvalue weighted by atomic mass is 9.70. The minimum atomic E-state index is -0.483. The SMILES string of the molecule is c1ccc(-c2nc(-c3cccc4c3-c3ccccc3C43c4ccccc4-c4ccccc43)nc(-n3c4ccccc4c4c3ccc3c5ccccc5n(-c5ccccc5)c34)n2)cc1. The van der Waals surface area contributed by atoms with Crippen molar-refractivity contribution in [1.29, 1.82) is 0 Å². The summed E-state index contributed by atoms with van der Waals surface area (Å²) >= 11 is 0. The third-order valence-electron chi connectivity index (χ3n) is 13.6. The van der Waals surface area contributed by atoms with Crippen molar-refractivity contribution in [3.63, 3.8) is 0 Å². The number of hydrogen-bond donors (Lipinski definition) is 0. The lowest BCUT2D eigenvalue weighted by molar-refractivity contribution is 0.794. The fourth-order valence-electron chi connectivity index (χ4n) is 11.2. The Balaban J connectivity index is 1.08. The van der Waals surface area contributed by atoms with E-state index in [9.17, 15) is 0 Å². The van der Waals surface area contributed by atoms with E-state index in [4.69, 9.17) is 15.0 Å². The van der Waals surface area contributed by atoms with Gasteiger partial charge >= 0.3 is 0 Å². The summed E-state index contributed by atoms with van der Waals surface area (Å²) in [7, 11) is 0. The Bertz CT molecular complexity index is 3810. The summed E-state index contributed by atoms with van der Waals surface area (Å²) in [4.78, 5) is 16.3. The summed E-state index contributed by atoms with van der Waals surface area (Å²) in [6.07, 6.45) is 0. The maximum absolute atomic E-state index is 5.56. The van der Waals surface area contributed by atoms with Crippen LogP contribution in [0.1, 0.15) is 22.3 Å². The van der Waals surface area contributed by atoms with Crippen LogP contribution >= 0.6 is 0 Å². The molecule has 0 N–H and O–H groups in total. The highest BCUT2D eigenvalue weighted by atomic mass is 15.2. The second-order valence-electron chi connectivity index (χ2n) is 16.7. The molecule has 0 atom stereocenters. The van der Waals surface area contributed by atoms with Crippen LogP contribution in [0.3, 0.4) is 0 Å². The van der Waals surface area contributed by atoms with Gasteiger partial charge < -0.3 is 4.57 Å². The molecule has 0 saturated carbocycles. The average Bonchev–Trinajstić information content (AvgIpc) is 4.07. The molecule has 3 aromatic heterocycles. The van der Waals surface area contributed by atoms with Crippen molar-refractivity contribution in [3.05, 3.63) is 235 Å². The van der Waals surface area contributed by atoms with E-state index in [1.165, 1.54) is 55.2 Å². The van der Waals surface area contributed by atoms with Gasteiger partial charge in [-0.15, -0.1) is 0 Å². The Morgan fingerprint density at radius 3 is 1.60 bits per heavy atom. The number of rotatable bonds is 4. The molecule has 0 amide bonds. The maximum atomic E-state index is 5.56. The number of fused-ring (bicyclic) bond motifs is 17. The van der Waals surface area contributed by atoms with Gasteiger partial charge in [-0.05, 0) is 74.8 Å². The van der Waals surface area contributed by atoms with Crippen LogP contribution < -0.4 is 0 Å². The molecule has 292 valence electrons. The van der Waals surface area contributed by atoms with Crippen molar-refractivity contribution in [2.24, 2.45) is 0 Å². The molecular formula is C58H35N5. The highest BCUT2D eigenvalue weighted by Crippen LogP contribution is 2.63. The van der Waals surface area contributed by atoms with E-state index in [1.54, 1.807) is 0 Å². The molecule has 3 heterocycles. The highest BCUT2D eigenvalue weighted by molar-refractivity contribution is 6.26. The van der Waals surface area contributed by atoms with Gasteiger partial charge in [0.2, 0.25) is 5.95 Å². The van der Waals surface area contributed by atoms with Gasteiger partial charge in [0.15, 0.2) is 11.6 Å². The smallest absolute Gasteiger partial charge is 0.238 e. The first-order valence-corrected chi connectivity index (χ1v) is 21.5. The molecule has 2 aliphatic carbocycles. The van der Waals surface area contributed by atoms with Crippen molar-refractivity contribution < 1.29 is 0 Å². The molecule has 0 radical (unpaired) electrons. The molecule has 12 aromatic rings.